The maximum atomic E-state index is 10.4. The molecule has 0 saturated heterocycles. The summed E-state index contributed by atoms with van der Waals surface area (Å²) in [5.41, 5.74) is 0.928. The Bertz CT molecular complexity index is 637. The molecule has 0 heterocycles. The van der Waals surface area contributed by atoms with Crippen LogP contribution in [0, 0.1) is 6.92 Å². The minimum absolute atomic E-state index is 0.178. The Hall–Kier alpha value is -0.620. The minimum atomic E-state index is -4.27. The number of hydrogen-bond donors (Lipinski definition) is 0. The van der Waals surface area contributed by atoms with Crippen molar-refractivity contribution in [1.29, 1.82) is 0 Å². The molecular weight excluding hydrogens is 430 g/mol. The van der Waals surface area contributed by atoms with Crippen molar-refractivity contribution in [3.63, 3.8) is 0 Å². The van der Waals surface area contributed by atoms with Gasteiger partial charge in [0, 0.05) is 0 Å². The first-order valence-corrected chi connectivity index (χ1v) is 14.1. The first-order valence-electron chi connectivity index (χ1n) is 12.2. The van der Waals surface area contributed by atoms with Gasteiger partial charge in [-0.3, -0.25) is 0 Å². The van der Waals surface area contributed by atoms with Gasteiger partial charge in [0.25, 0.3) is 0 Å². The molecule has 0 bridgehead atoms. The number of aryl methyl sites for hydroxylation is 1. The average Bonchev–Trinajstić information content (AvgIpc) is 2.72. The second kappa shape index (κ2) is 17.9. The zero-order valence-electron chi connectivity index (χ0n) is 20.4. The molecule has 0 spiro atoms. The van der Waals surface area contributed by atoms with Gasteiger partial charge in [-0.15, -0.1) is 11.6 Å². The van der Waals surface area contributed by atoms with Crippen LogP contribution >= 0.6 is 11.6 Å². The molecule has 0 radical (unpaired) electrons. The number of unbranched alkanes of at least 4 members (excludes halogenated alkanes) is 7. The molecule has 1 aromatic carbocycles. The number of rotatable bonds is 16. The third-order valence-corrected chi connectivity index (χ3v) is 6.85. The molecule has 0 amide bonds. The fourth-order valence-electron chi connectivity index (χ4n) is 3.82. The summed E-state index contributed by atoms with van der Waals surface area (Å²) in [5, 5.41) is 0. The van der Waals surface area contributed by atoms with Gasteiger partial charge in [-0.1, -0.05) is 64.2 Å². The fraction of sp³-hybridized carbons (Fsp3) is 0.760. The smallest absolute Gasteiger partial charge is 0.124 e. The molecule has 0 aliphatic heterocycles. The van der Waals surface area contributed by atoms with Crippen molar-refractivity contribution in [2.24, 2.45) is 0 Å². The Labute approximate surface area is 197 Å². The Balaban J connectivity index is 0.000000683. The predicted molar refractivity (Wildman–Crippen MR) is 133 cm³/mol. The summed E-state index contributed by atoms with van der Waals surface area (Å²) in [6, 6.07) is 5.78. The molecule has 0 fully saturated rings. The standard InChI is InChI=1S/C18H39ClN.C7H8O3S/c1-4-7-10-13-17-20(18-14-19,15-11-8-5-2)16-12-9-6-3;1-6-2-4-7(5-3-6)11(8,9)10/h4-18H2,1-3H3;2-5H,1H3,(H,8,9,10)/q+1;/p-1. The first-order chi connectivity index (χ1) is 14.7. The molecule has 1 rings (SSSR count). The second-order valence-electron chi connectivity index (χ2n) is 8.67. The van der Waals surface area contributed by atoms with Crippen molar-refractivity contribution in [2.45, 2.75) is 96.8 Å². The lowest BCUT2D eigenvalue weighted by Gasteiger charge is -2.39. The molecule has 6 heteroatoms. The summed E-state index contributed by atoms with van der Waals surface area (Å²) in [4.78, 5) is -0.178. The van der Waals surface area contributed by atoms with Gasteiger partial charge in [-0.05, 0) is 57.6 Å². The van der Waals surface area contributed by atoms with Crippen molar-refractivity contribution in [3.8, 4) is 0 Å². The van der Waals surface area contributed by atoms with Crippen LogP contribution in [0.1, 0.15) is 90.5 Å². The van der Waals surface area contributed by atoms with E-state index in [1.165, 1.54) is 107 Å². The molecule has 4 nitrogen and oxygen atoms in total. The quantitative estimate of drug-likeness (QED) is 0.113. The zero-order chi connectivity index (χ0) is 23.6. The van der Waals surface area contributed by atoms with Crippen LogP contribution in [-0.4, -0.2) is 49.5 Å². The van der Waals surface area contributed by atoms with Crippen LogP contribution in [-0.2, 0) is 10.1 Å². The third-order valence-electron chi connectivity index (χ3n) is 5.83. The Morgan fingerprint density at radius 1 is 0.742 bits per heavy atom. The van der Waals surface area contributed by atoms with Crippen LogP contribution in [0.4, 0.5) is 0 Å². The van der Waals surface area contributed by atoms with Crippen LogP contribution in [0.5, 0.6) is 0 Å². The van der Waals surface area contributed by atoms with E-state index in [1.54, 1.807) is 12.1 Å². The molecule has 1 aromatic rings. The highest BCUT2D eigenvalue weighted by atomic mass is 35.5. The molecular formula is C25H46ClNO3S. The third kappa shape index (κ3) is 15.0. The van der Waals surface area contributed by atoms with Gasteiger partial charge in [0.15, 0.2) is 0 Å². The largest absolute Gasteiger partial charge is 0.744 e. The number of halogens is 1. The highest BCUT2D eigenvalue weighted by Gasteiger charge is 2.25. The van der Waals surface area contributed by atoms with Gasteiger partial charge in [0.2, 0.25) is 0 Å². The number of benzene rings is 1. The molecule has 31 heavy (non-hydrogen) atoms. The fourth-order valence-corrected chi connectivity index (χ4v) is 4.65. The van der Waals surface area contributed by atoms with Crippen molar-refractivity contribution in [1.82, 2.24) is 0 Å². The van der Waals surface area contributed by atoms with Gasteiger partial charge in [0.1, 0.15) is 10.1 Å². The molecule has 0 aliphatic rings. The van der Waals surface area contributed by atoms with Crippen molar-refractivity contribution < 1.29 is 17.5 Å². The maximum absolute atomic E-state index is 10.4. The predicted octanol–water partition coefficient (Wildman–Crippen LogP) is 6.90. The molecule has 0 saturated carbocycles. The summed E-state index contributed by atoms with van der Waals surface area (Å²) in [7, 11) is -4.27. The molecule has 0 N–H and O–H groups in total. The lowest BCUT2D eigenvalue weighted by Crippen LogP contribution is -2.51. The van der Waals surface area contributed by atoms with Crippen LogP contribution in [0.2, 0.25) is 0 Å². The Kier molecular flexibility index (Phi) is 17.5. The van der Waals surface area contributed by atoms with E-state index in [0.717, 1.165) is 11.4 Å². The van der Waals surface area contributed by atoms with Crippen LogP contribution in [0.15, 0.2) is 29.2 Å². The van der Waals surface area contributed by atoms with E-state index in [4.69, 9.17) is 11.6 Å². The van der Waals surface area contributed by atoms with Gasteiger partial charge < -0.3 is 9.04 Å². The van der Waals surface area contributed by atoms with E-state index in [2.05, 4.69) is 20.8 Å². The van der Waals surface area contributed by atoms with Crippen molar-refractivity contribution in [2.75, 3.05) is 32.1 Å². The summed E-state index contributed by atoms with van der Waals surface area (Å²) in [5.74, 6) is 0.825. The Morgan fingerprint density at radius 2 is 1.16 bits per heavy atom. The van der Waals surface area contributed by atoms with E-state index < -0.39 is 10.1 Å². The molecule has 0 unspecified atom stereocenters. The van der Waals surface area contributed by atoms with E-state index in [-0.39, 0.29) is 4.90 Å². The molecule has 0 aromatic heterocycles. The van der Waals surface area contributed by atoms with Crippen LogP contribution in [0.25, 0.3) is 0 Å². The van der Waals surface area contributed by atoms with E-state index >= 15 is 0 Å². The summed E-state index contributed by atoms with van der Waals surface area (Å²) in [6.07, 6.45) is 13.7. The summed E-state index contributed by atoms with van der Waals surface area (Å²) >= 11 is 6.14. The van der Waals surface area contributed by atoms with E-state index in [1.807, 2.05) is 6.92 Å². The average molecular weight is 476 g/mol. The summed E-state index contributed by atoms with van der Waals surface area (Å²) in [6.45, 7) is 14.0. The highest BCUT2D eigenvalue weighted by molar-refractivity contribution is 7.85. The van der Waals surface area contributed by atoms with Gasteiger partial charge in [-0.25, -0.2) is 8.42 Å². The minimum Gasteiger partial charge on any atom is -0.744 e. The molecule has 182 valence electrons. The van der Waals surface area contributed by atoms with E-state index in [0.29, 0.717) is 0 Å². The lowest BCUT2D eigenvalue weighted by atomic mass is 10.1. The number of nitrogens with zero attached hydrogens (tertiary/aromatic N) is 1. The zero-order valence-corrected chi connectivity index (χ0v) is 21.9. The number of hydrogen-bond acceptors (Lipinski definition) is 3. The SMILES string of the molecule is CCCCCC[N+](CCCl)(CCCCC)CCCCC.Cc1ccc(S(=O)(=O)[O-])cc1. The summed E-state index contributed by atoms with van der Waals surface area (Å²) < 4.78 is 32.5. The first kappa shape index (κ1) is 30.4. The number of alkyl halides is 1. The van der Waals surface area contributed by atoms with E-state index in [9.17, 15) is 13.0 Å². The maximum Gasteiger partial charge on any atom is 0.124 e. The normalized spacial score (nSPS) is 11.8. The van der Waals surface area contributed by atoms with Crippen molar-refractivity contribution >= 4 is 21.7 Å². The van der Waals surface area contributed by atoms with Gasteiger partial charge >= 0.3 is 0 Å². The van der Waals surface area contributed by atoms with Gasteiger partial charge in [-0.2, -0.15) is 0 Å². The second-order valence-corrected chi connectivity index (χ2v) is 10.4. The monoisotopic (exact) mass is 475 g/mol. The number of quaternary nitrogens is 1. The van der Waals surface area contributed by atoms with Crippen LogP contribution in [0.3, 0.4) is 0 Å². The topological polar surface area (TPSA) is 57.2 Å². The van der Waals surface area contributed by atoms with Crippen molar-refractivity contribution in [3.05, 3.63) is 29.8 Å². The molecule has 0 atom stereocenters. The van der Waals surface area contributed by atoms with Crippen LogP contribution < -0.4 is 0 Å². The molecule has 0 aliphatic carbocycles. The Morgan fingerprint density at radius 3 is 1.55 bits per heavy atom. The highest BCUT2D eigenvalue weighted by Crippen LogP contribution is 2.17. The van der Waals surface area contributed by atoms with Gasteiger partial charge in [0.05, 0.1) is 37.0 Å². The lowest BCUT2D eigenvalue weighted by molar-refractivity contribution is -0.926.